The summed E-state index contributed by atoms with van der Waals surface area (Å²) in [6.45, 7) is 4.14. The highest BCUT2D eigenvalue weighted by atomic mass is 32.2. The Balaban J connectivity index is 1.35. The fourth-order valence-corrected chi connectivity index (χ4v) is 5.42. The van der Waals surface area contributed by atoms with Crippen molar-refractivity contribution in [1.82, 2.24) is 19.4 Å². The average molecular weight is 407 g/mol. The van der Waals surface area contributed by atoms with Gasteiger partial charge in [0.2, 0.25) is 15.9 Å². The molecule has 2 aliphatic rings. The molecule has 8 nitrogen and oxygen atoms in total. The van der Waals surface area contributed by atoms with Crippen LogP contribution in [0.1, 0.15) is 13.3 Å². The number of hydrogen-bond acceptors (Lipinski definition) is 5. The number of para-hydroxylation sites is 1. The van der Waals surface area contributed by atoms with Gasteiger partial charge in [0.1, 0.15) is 0 Å². The lowest BCUT2D eigenvalue weighted by atomic mass is 9.80. The zero-order valence-electron chi connectivity index (χ0n) is 16.0. The number of sulfonamides is 1. The van der Waals surface area contributed by atoms with Crippen LogP contribution in [-0.2, 0) is 26.1 Å². The van der Waals surface area contributed by atoms with Crippen molar-refractivity contribution in [2.24, 2.45) is 11.3 Å². The molecule has 2 saturated heterocycles. The van der Waals surface area contributed by atoms with E-state index in [2.05, 4.69) is 10.4 Å². The summed E-state index contributed by atoms with van der Waals surface area (Å²) in [4.78, 5) is 12.9. The smallest absolute Gasteiger partial charge is 0.230 e. The first kappa shape index (κ1) is 19.4. The first-order chi connectivity index (χ1) is 13.5. The molecule has 2 aromatic rings. The van der Waals surface area contributed by atoms with Gasteiger partial charge in [-0.2, -0.15) is 5.10 Å². The van der Waals surface area contributed by atoms with E-state index in [1.54, 1.807) is 6.92 Å². The lowest BCUT2D eigenvalue weighted by molar-refractivity contribution is -0.131. The van der Waals surface area contributed by atoms with Crippen LogP contribution in [0.25, 0.3) is 10.9 Å². The molecular formula is C19H26N4O4S. The van der Waals surface area contributed by atoms with E-state index in [0.717, 1.165) is 17.3 Å². The van der Waals surface area contributed by atoms with Gasteiger partial charge in [0.25, 0.3) is 0 Å². The second kappa shape index (κ2) is 7.46. The number of fused-ring (bicyclic) bond motifs is 2. The quantitative estimate of drug-likeness (QED) is 0.688. The number of hydrogen-bond donors (Lipinski definition) is 1. The van der Waals surface area contributed by atoms with Crippen molar-refractivity contribution in [3.63, 3.8) is 0 Å². The number of ether oxygens (including phenoxy) is 1. The van der Waals surface area contributed by atoms with E-state index in [4.69, 9.17) is 4.74 Å². The topological polar surface area (TPSA) is 93.5 Å². The minimum Gasteiger partial charge on any atom is -0.380 e. The van der Waals surface area contributed by atoms with Crippen molar-refractivity contribution < 1.29 is 17.9 Å². The van der Waals surface area contributed by atoms with Crippen LogP contribution in [0, 0.1) is 11.3 Å². The molecule has 152 valence electrons. The predicted octanol–water partition coefficient (Wildman–Crippen LogP) is 0.841. The Hall–Kier alpha value is -1.97. The van der Waals surface area contributed by atoms with Gasteiger partial charge in [0.05, 0.1) is 36.1 Å². The van der Waals surface area contributed by atoms with Gasteiger partial charge < -0.3 is 10.1 Å². The second-order valence-electron chi connectivity index (χ2n) is 7.60. The fraction of sp³-hybridized carbons (Fsp3) is 0.579. The minimum atomic E-state index is -3.30. The summed E-state index contributed by atoms with van der Waals surface area (Å²) in [6.07, 6.45) is 2.59. The molecular weight excluding hydrogens is 380 g/mol. The second-order valence-corrected chi connectivity index (χ2v) is 9.85. The maximum Gasteiger partial charge on any atom is 0.230 e. The van der Waals surface area contributed by atoms with Crippen molar-refractivity contribution >= 4 is 26.8 Å². The fourth-order valence-electron chi connectivity index (χ4n) is 4.22. The summed E-state index contributed by atoms with van der Waals surface area (Å²) < 4.78 is 33.4. The first-order valence-electron chi connectivity index (χ1n) is 9.71. The summed E-state index contributed by atoms with van der Waals surface area (Å²) in [6, 6.07) is 8.02. The maximum atomic E-state index is 12.9. The predicted molar refractivity (Wildman–Crippen MR) is 105 cm³/mol. The normalized spacial score (nSPS) is 25.2. The lowest BCUT2D eigenvalue weighted by Gasteiger charge is -2.25. The van der Waals surface area contributed by atoms with Crippen LogP contribution in [0.3, 0.4) is 0 Å². The molecule has 1 aromatic heterocycles. The zero-order chi connectivity index (χ0) is 19.8. The van der Waals surface area contributed by atoms with Gasteiger partial charge in [0.15, 0.2) is 0 Å². The van der Waals surface area contributed by atoms with Crippen molar-refractivity contribution in [2.75, 3.05) is 38.6 Å². The van der Waals surface area contributed by atoms with Crippen molar-refractivity contribution in [3.8, 4) is 0 Å². The van der Waals surface area contributed by atoms with Crippen LogP contribution < -0.4 is 5.32 Å². The molecule has 9 heteroatoms. The number of carbonyl (C=O) groups excluding carboxylic acids is 1. The lowest BCUT2D eigenvalue weighted by Crippen LogP contribution is -2.47. The molecule has 0 spiro atoms. The molecule has 0 aliphatic carbocycles. The number of nitrogens with one attached hydrogen (secondary N) is 1. The molecule has 1 amide bonds. The Morgan fingerprint density at radius 2 is 2.21 bits per heavy atom. The Morgan fingerprint density at radius 1 is 1.39 bits per heavy atom. The number of benzene rings is 1. The third kappa shape index (κ3) is 3.31. The summed E-state index contributed by atoms with van der Waals surface area (Å²) in [5.74, 6) is -0.131. The molecule has 2 fully saturated rings. The summed E-state index contributed by atoms with van der Waals surface area (Å²) in [7, 11) is -3.30. The maximum absolute atomic E-state index is 12.9. The molecule has 0 radical (unpaired) electrons. The van der Waals surface area contributed by atoms with Crippen LogP contribution >= 0.6 is 0 Å². The van der Waals surface area contributed by atoms with E-state index in [0.29, 0.717) is 26.2 Å². The molecule has 2 aliphatic heterocycles. The van der Waals surface area contributed by atoms with Crippen LogP contribution in [0.5, 0.6) is 0 Å². The molecule has 4 rings (SSSR count). The zero-order valence-corrected chi connectivity index (χ0v) is 16.8. The van der Waals surface area contributed by atoms with Crippen LogP contribution in [0.2, 0.25) is 0 Å². The third-order valence-electron chi connectivity index (χ3n) is 5.94. The first-order valence-corrected chi connectivity index (χ1v) is 11.3. The van der Waals surface area contributed by atoms with Crippen molar-refractivity contribution in [3.05, 3.63) is 30.5 Å². The molecule has 3 heterocycles. The van der Waals surface area contributed by atoms with Gasteiger partial charge in [-0.3, -0.25) is 9.48 Å². The molecule has 1 aromatic carbocycles. The van der Waals surface area contributed by atoms with Crippen LogP contribution in [0.4, 0.5) is 0 Å². The van der Waals surface area contributed by atoms with Gasteiger partial charge in [-0.05, 0) is 19.4 Å². The Kier molecular flexibility index (Phi) is 5.15. The largest absolute Gasteiger partial charge is 0.380 e. The Labute approximate surface area is 164 Å². The molecule has 28 heavy (non-hydrogen) atoms. The van der Waals surface area contributed by atoms with Crippen LogP contribution in [-0.4, -0.2) is 67.0 Å². The van der Waals surface area contributed by atoms with E-state index in [1.807, 2.05) is 35.1 Å². The van der Waals surface area contributed by atoms with E-state index in [9.17, 15) is 13.2 Å². The van der Waals surface area contributed by atoms with Gasteiger partial charge in [0, 0.05) is 37.5 Å². The summed E-state index contributed by atoms with van der Waals surface area (Å²) in [5.41, 5.74) is 0.313. The highest BCUT2D eigenvalue weighted by molar-refractivity contribution is 7.89. The molecule has 1 N–H and O–H groups in total. The van der Waals surface area contributed by atoms with Crippen LogP contribution in [0.15, 0.2) is 30.5 Å². The minimum absolute atomic E-state index is 0.0517. The van der Waals surface area contributed by atoms with Gasteiger partial charge in [-0.1, -0.05) is 18.2 Å². The molecule has 0 bridgehead atoms. The van der Waals surface area contributed by atoms with E-state index < -0.39 is 15.4 Å². The molecule has 0 saturated carbocycles. The number of aromatic nitrogens is 2. The average Bonchev–Trinajstić information content (AvgIpc) is 3.38. The standard InChI is InChI=1S/C19H26N4O4S/c1-2-28(25,26)22-11-16-12-27-14-19(16,13-22)18(24)20-8-5-9-23-17-7-4-3-6-15(17)10-21-23/h3-4,6-7,10,16H,2,5,8-9,11-14H2,1H3,(H,20,24)/t16-,19-/m1/s1. The number of amides is 1. The highest BCUT2D eigenvalue weighted by Crippen LogP contribution is 2.42. The van der Waals surface area contributed by atoms with Crippen molar-refractivity contribution in [2.45, 2.75) is 19.9 Å². The number of carbonyl (C=O) groups is 1. The molecule has 0 unspecified atom stereocenters. The van der Waals surface area contributed by atoms with Gasteiger partial charge >= 0.3 is 0 Å². The number of nitrogens with zero attached hydrogens (tertiary/aromatic N) is 3. The highest BCUT2D eigenvalue weighted by Gasteiger charge is 2.57. The van der Waals surface area contributed by atoms with E-state index in [-0.39, 0.29) is 30.7 Å². The monoisotopic (exact) mass is 406 g/mol. The Morgan fingerprint density at radius 3 is 3.04 bits per heavy atom. The number of rotatable bonds is 7. The molecule has 2 atom stereocenters. The summed E-state index contributed by atoms with van der Waals surface area (Å²) in [5, 5.41) is 8.50. The Bertz CT molecular complexity index is 973. The van der Waals surface area contributed by atoms with Gasteiger partial charge in [-0.25, -0.2) is 12.7 Å². The van der Waals surface area contributed by atoms with E-state index >= 15 is 0 Å². The third-order valence-corrected chi connectivity index (χ3v) is 7.73. The van der Waals surface area contributed by atoms with Gasteiger partial charge in [-0.15, -0.1) is 0 Å². The van der Waals surface area contributed by atoms with Crippen molar-refractivity contribution in [1.29, 1.82) is 0 Å². The number of aryl methyl sites for hydroxylation is 1. The summed E-state index contributed by atoms with van der Waals surface area (Å²) >= 11 is 0. The van der Waals surface area contributed by atoms with E-state index in [1.165, 1.54) is 4.31 Å². The SMILES string of the molecule is CCS(=O)(=O)N1C[C@@H]2COC[C@]2(C(=O)NCCCn2ncc3ccccc32)C1.